The molecule has 0 aliphatic heterocycles. The summed E-state index contributed by atoms with van der Waals surface area (Å²) in [6.07, 6.45) is 1.05. The van der Waals surface area contributed by atoms with Gasteiger partial charge in [-0.1, -0.05) is 0 Å². The first-order chi connectivity index (χ1) is 8.61. The first-order valence-electron chi connectivity index (χ1n) is 5.27. The molecule has 0 aliphatic rings. The van der Waals surface area contributed by atoms with E-state index in [-0.39, 0.29) is 11.8 Å². The lowest BCUT2D eigenvalue weighted by Gasteiger charge is -2.19. The molecule has 94 valence electrons. The molecule has 18 heavy (non-hydrogen) atoms. The molecule has 0 saturated carbocycles. The number of halogens is 1. The van der Waals surface area contributed by atoms with Crippen molar-refractivity contribution < 1.29 is 9.13 Å². The highest BCUT2D eigenvalue weighted by Gasteiger charge is 2.12. The summed E-state index contributed by atoms with van der Waals surface area (Å²) in [7, 11) is 3.29. The Balaban J connectivity index is 2.34. The number of nitrogen functional groups attached to an aromatic ring is 1. The number of nitrogens with two attached hydrogens (primary N) is 1. The highest BCUT2D eigenvalue weighted by atomic mass is 19.1. The highest BCUT2D eigenvalue weighted by Crippen LogP contribution is 2.25. The standard InChI is InChI=1S/C12H13FN4O/c1-17(8-3-5-9(18-2)6-4-8)11-10(13)7-15-12(14)16-11/h3-7H,1-2H3,(H2,14,15,16). The van der Waals surface area contributed by atoms with Crippen molar-refractivity contribution in [1.29, 1.82) is 0 Å². The molecule has 1 aromatic carbocycles. The first-order valence-corrected chi connectivity index (χ1v) is 5.27. The third-order valence-electron chi connectivity index (χ3n) is 2.52. The zero-order chi connectivity index (χ0) is 13.1. The second-order valence-corrected chi connectivity index (χ2v) is 3.66. The molecule has 0 fully saturated rings. The number of nitrogens with zero attached hydrogens (tertiary/aromatic N) is 3. The van der Waals surface area contributed by atoms with Gasteiger partial charge in [0.2, 0.25) is 5.95 Å². The minimum absolute atomic E-state index is 0.0340. The van der Waals surface area contributed by atoms with Gasteiger partial charge in [-0.2, -0.15) is 4.98 Å². The zero-order valence-electron chi connectivity index (χ0n) is 10.1. The number of methoxy groups -OCH3 is 1. The molecule has 0 radical (unpaired) electrons. The van der Waals surface area contributed by atoms with Gasteiger partial charge in [0.15, 0.2) is 11.6 Å². The Bertz CT molecular complexity index is 544. The smallest absolute Gasteiger partial charge is 0.222 e. The van der Waals surface area contributed by atoms with Crippen molar-refractivity contribution in [3.63, 3.8) is 0 Å². The highest BCUT2D eigenvalue weighted by molar-refractivity contribution is 5.60. The predicted molar refractivity (Wildman–Crippen MR) is 67.5 cm³/mol. The molecule has 1 heterocycles. The molecule has 6 heteroatoms. The van der Waals surface area contributed by atoms with E-state index in [0.29, 0.717) is 0 Å². The Morgan fingerprint density at radius 3 is 2.56 bits per heavy atom. The van der Waals surface area contributed by atoms with E-state index in [0.717, 1.165) is 17.6 Å². The molecule has 2 N–H and O–H groups in total. The van der Waals surface area contributed by atoms with Crippen LogP contribution in [0.25, 0.3) is 0 Å². The molecular weight excluding hydrogens is 235 g/mol. The van der Waals surface area contributed by atoms with Gasteiger partial charge in [-0.25, -0.2) is 9.37 Å². The summed E-state index contributed by atoms with van der Waals surface area (Å²) >= 11 is 0. The largest absolute Gasteiger partial charge is 0.497 e. The van der Waals surface area contributed by atoms with E-state index in [1.807, 2.05) is 0 Å². The minimum atomic E-state index is -0.525. The van der Waals surface area contributed by atoms with Crippen molar-refractivity contribution in [1.82, 2.24) is 9.97 Å². The summed E-state index contributed by atoms with van der Waals surface area (Å²) in [5.74, 6) is 0.372. The van der Waals surface area contributed by atoms with Gasteiger partial charge in [0.05, 0.1) is 13.3 Å². The number of ether oxygens (including phenoxy) is 1. The fourth-order valence-corrected chi connectivity index (χ4v) is 1.53. The van der Waals surface area contributed by atoms with Crippen molar-refractivity contribution in [2.75, 3.05) is 24.8 Å². The van der Waals surface area contributed by atoms with Crippen LogP contribution in [0.3, 0.4) is 0 Å². The van der Waals surface area contributed by atoms with Gasteiger partial charge in [0, 0.05) is 12.7 Å². The van der Waals surface area contributed by atoms with Crippen LogP contribution in [-0.4, -0.2) is 24.1 Å². The van der Waals surface area contributed by atoms with E-state index in [4.69, 9.17) is 10.5 Å². The Morgan fingerprint density at radius 2 is 1.94 bits per heavy atom. The zero-order valence-corrected chi connectivity index (χ0v) is 10.1. The van der Waals surface area contributed by atoms with Gasteiger partial charge >= 0.3 is 0 Å². The van der Waals surface area contributed by atoms with Crippen LogP contribution in [0.2, 0.25) is 0 Å². The lowest BCUT2D eigenvalue weighted by Crippen LogP contribution is -2.14. The van der Waals surface area contributed by atoms with Crippen LogP contribution >= 0.6 is 0 Å². The van der Waals surface area contributed by atoms with Crippen LogP contribution in [-0.2, 0) is 0 Å². The quantitative estimate of drug-likeness (QED) is 0.899. The molecule has 5 nitrogen and oxygen atoms in total. The third-order valence-corrected chi connectivity index (χ3v) is 2.52. The van der Waals surface area contributed by atoms with E-state index in [1.54, 1.807) is 43.3 Å². The van der Waals surface area contributed by atoms with E-state index in [1.165, 1.54) is 0 Å². The molecule has 2 aromatic rings. The maximum absolute atomic E-state index is 13.6. The van der Waals surface area contributed by atoms with Gasteiger partial charge < -0.3 is 15.4 Å². The van der Waals surface area contributed by atoms with Crippen LogP contribution in [0.1, 0.15) is 0 Å². The summed E-state index contributed by atoms with van der Waals surface area (Å²) in [6, 6.07) is 7.18. The molecule has 0 atom stereocenters. The van der Waals surface area contributed by atoms with Crippen LogP contribution < -0.4 is 15.4 Å². The summed E-state index contributed by atoms with van der Waals surface area (Å²) in [4.78, 5) is 9.06. The van der Waals surface area contributed by atoms with Crippen LogP contribution in [0.4, 0.5) is 21.8 Å². The predicted octanol–water partition coefficient (Wildman–Crippen LogP) is 1.97. The lowest BCUT2D eigenvalue weighted by molar-refractivity contribution is 0.415. The molecule has 0 unspecified atom stereocenters. The number of hydrogen-bond donors (Lipinski definition) is 1. The van der Waals surface area contributed by atoms with Crippen molar-refractivity contribution in [3.8, 4) is 5.75 Å². The molecule has 0 saturated heterocycles. The Kier molecular flexibility index (Phi) is 3.27. The van der Waals surface area contributed by atoms with Crippen LogP contribution in [0.5, 0.6) is 5.75 Å². The van der Waals surface area contributed by atoms with Crippen molar-refractivity contribution in [2.45, 2.75) is 0 Å². The number of hydrogen-bond acceptors (Lipinski definition) is 5. The molecule has 0 spiro atoms. The number of benzene rings is 1. The summed E-state index contributed by atoms with van der Waals surface area (Å²) in [6.45, 7) is 0. The SMILES string of the molecule is COc1ccc(N(C)c2nc(N)ncc2F)cc1. The van der Waals surface area contributed by atoms with Gasteiger partial charge in [0.1, 0.15) is 5.75 Å². The fourth-order valence-electron chi connectivity index (χ4n) is 1.53. The van der Waals surface area contributed by atoms with Crippen molar-refractivity contribution >= 4 is 17.5 Å². The second-order valence-electron chi connectivity index (χ2n) is 3.66. The molecule has 0 bridgehead atoms. The Labute approximate surface area is 104 Å². The minimum Gasteiger partial charge on any atom is -0.497 e. The monoisotopic (exact) mass is 248 g/mol. The fraction of sp³-hybridized carbons (Fsp3) is 0.167. The van der Waals surface area contributed by atoms with Crippen molar-refractivity contribution in [2.24, 2.45) is 0 Å². The van der Waals surface area contributed by atoms with E-state index in [9.17, 15) is 4.39 Å². The number of rotatable bonds is 3. The van der Waals surface area contributed by atoms with Gasteiger partial charge in [-0.15, -0.1) is 0 Å². The van der Waals surface area contributed by atoms with Crippen LogP contribution in [0, 0.1) is 5.82 Å². The number of anilines is 3. The molecule has 0 amide bonds. The average Bonchev–Trinajstić information content (AvgIpc) is 2.41. The Hall–Kier alpha value is -2.37. The molecule has 2 rings (SSSR count). The van der Waals surface area contributed by atoms with Gasteiger partial charge in [-0.05, 0) is 24.3 Å². The molecule has 1 aromatic heterocycles. The van der Waals surface area contributed by atoms with Crippen molar-refractivity contribution in [3.05, 3.63) is 36.3 Å². The molecular formula is C12H13FN4O. The van der Waals surface area contributed by atoms with E-state index in [2.05, 4.69) is 9.97 Å². The second kappa shape index (κ2) is 4.87. The third kappa shape index (κ3) is 2.32. The maximum atomic E-state index is 13.6. The van der Waals surface area contributed by atoms with Gasteiger partial charge in [0.25, 0.3) is 0 Å². The van der Waals surface area contributed by atoms with Gasteiger partial charge in [-0.3, -0.25) is 0 Å². The summed E-state index contributed by atoms with van der Waals surface area (Å²) in [5, 5.41) is 0. The normalized spacial score (nSPS) is 10.2. The summed E-state index contributed by atoms with van der Waals surface area (Å²) in [5.41, 5.74) is 6.22. The Morgan fingerprint density at radius 1 is 1.28 bits per heavy atom. The van der Waals surface area contributed by atoms with E-state index >= 15 is 0 Å². The topological polar surface area (TPSA) is 64.3 Å². The maximum Gasteiger partial charge on any atom is 0.222 e. The first kappa shape index (κ1) is 12.1. The molecule has 0 aliphatic carbocycles. The van der Waals surface area contributed by atoms with E-state index < -0.39 is 5.82 Å². The lowest BCUT2D eigenvalue weighted by atomic mass is 10.3. The van der Waals surface area contributed by atoms with Crippen LogP contribution in [0.15, 0.2) is 30.5 Å². The summed E-state index contributed by atoms with van der Waals surface area (Å²) < 4.78 is 18.7. The number of aromatic nitrogens is 2. The average molecular weight is 248 g/mol.